The number of aromatic amines is 1. The Kier molecular flexibility index (Phi) is 5.00. The second kappa shape index (κ2) is 7.81. The second-order valence-corrected chi connectivity index (χ2v) is 8.37. The zero-order valence-electron chi connectivity index (χ0n) is 16.6. The van der Waals surface area contributed by atoms with E-state index in [4.69, 9.17) is 17.0 Å². The number of ether oxygens (including phenoxy) is 1. The van der Waals surface area contributed by atoms with Crippen molar-refractivity contribution in [3.05, 3.63) is 74.3 Å². The van der Waals surface area contributed by atoms with Gasteiger partial charge in [-0.05, 0) is 60.8 Å². The maximum absolute atomic E-state index is 13.1. The molecule has 1 fully saturated rings. The number of hydrogen-bond donors (Lipinski definition) is 1. The fourth-order valence-corrected chi connectivity index (χ4v) is 4.66. The number of rotatable bonds is 3. The van der Waals surface area contributed by atoms with Gasteiger partial charge < -0.3 is 14.6 Å². The summed E-state index contributed by atoms with van der Waals surface area (Å²) < 4.78 is 7.58. The molecular formula is C23H23N3O3S. The molecule has 0 aliphatic carbocycles. The van der Waals surface area contributed by atoms with Gasteiger partial charge in [0.25, 0.3) is 11.5 Å². The lowest BCUT2D eigenvalue weighted by Crippen LogP contribution is -2.36. The van der Waals surface area contributed by atoms with Crippen LogP contribution in [0, 0.1) is 4.77 Å². The van der Waals surface area contributed by atoms with Crippen LogP contribution in [-0.2, 0) is 24.2 Å². The topological polar surface area (TPSA) is 67.3 Å². The molecule has 2 aromatic carbocycles. The van der Waals surface area contributed by atoms with E-state index in [-0.39, 0.29) is 17.6 Å². The number of nitrogens with one attached hydrogen (secondary N) is 1. The molecular weight excluding hydrogens is 398 g/mol. The van der Waals surface area contributed by atoms with Crippen molar-refractivity contribution in [1.82, 2.24) is 14.5 Å². The van der Waals surface area contributed by atoms with Gasteiger partial charge in [0, 0.05) is 25.3 Å². The lowest BCUT2D eigenvalue weighted by Gasteiger charge is -2.29. The van der Waals surface area contributed by atoms with Crippen LogP contribution in [-0.4, -0.2) is 39.6 Å². The summed E-state index contributed by atoms with van der Waals surface area (Å²) in [6.45, 7) is 2.48. The van der Waals surface area contributed by atoms with E-state index in [1.54, 1.807) is 22.8 Å². The van der Waals surface area contributed by atoms with Gasteiger partial charge in [0.15, 0.2) is 4.77 Å². The average molecular weight is 422 g/mol. The number of benzene rings is 2. The van der Waals surface area contributed by atoms with Gasteiger partial charge in [0.2, 0.25) is 0 Å². The van der Waals surface area contributed by atoms with Crippen molar-refractivity contribution >= 4 is 29.0 Å². The van der Waals surface area contributed by atoms with Crippen LogP contribution in [0.3, 0.4) is 0 Å². The molecule has 1 unspecified atom stereocenters. The zero-order valence-corrected chi connectivity index (χ0v) is 17.4. The SMILES string of the molecule is O=C(c1ccc2c(=O)n(CC3CCCO3)c(=S)[nH]c2c1)N1CCc2ccccc2C1. The van der Waals surface area contributed by atoms with E-state index >= 15 is 0 Å². The number of fused-ring (bicyclic) bond motifs is 2. The van der Waals surface area contributed by atoms with Crippen LogP contribution in [0.15, 0.2) is 47.3 Å². The van der Waals surface area contributed by atoms with Crippen molar-refractivity contribution in [2.75, 3.05) is 13.2 Å². The molecule has 1 N–H and O–H groups in total. The molecule has 6 nitrogen and oxygen atoms in total. The number of carbonyl (C=O) groups is 1. The first kappa shape index (κ1) is 19.2. The summed E-state index contributed by atoms with van der Waals surface area (Å²) in [5.41, 5.74) is 3.50. The number of H-pyrrole nitrogens is 1. The van der Waals surface area contributed by atoms with E-state index in [2.05, 4.69) is 17.1 Å². The monoisotopic (exact) mass is 421 g/mol. The number of hydrogen-bond acceptors (Lipinski definition) is 4. The molecule has 154 valence electrons. The standard InChI is InChI=1S/C23H23N3O3S/c27-21(25-10-9-15-4-1-2-5-17(15)13-25)16-7-8-19-20(12-16)24-23(30)26(22(19)28)14-18-6-3-11-29-18/h1-2,4-5,7-8,12,18H,3,6,9-11,13-14H2,(H,24,30). The quantitative estimate of drug-likeness (QED) is 0.658. The summed E-state index contributed by atoms with van der Waals surface area (Å²) in [4.78, 5) is 31.1. The van der Waals surface area contributed by atoms with Crippen LogP contribution in [0.5, 0.6) is 0 Å². The molecule has 0 radical (unpaired) electrons. The number of amides is 1. The molecule has 5 rings (SSSR count). The van der Waals surface area contributed by atoms with E-state index < -0.39 is 0 Å². The summed E-state index contributed by atoms with van der Waals surface area (Å²) in [5.74, 6) is -0.0331. The Morgan fingerprint density at radius 1 is 1.20 bits per heavy atom. The molecule has 0 saturated carbocycles. The number of aromatic nitrogens is 2. The molecule has 3 aromatic rings. The van der Waals surface area contributed by atoms with Gasteiger partial charge in [0.05, 0.1) is 23.6 Å². The van der Waals surface area contributed by atoms with Crippen LogP contribution >= 0.6 is 12.2 Å². The Balaban J connectivity index is 1.44. The molecule has 1 atom stereocenters. The summed E-state index contributed by atoms with van der Waals surface area (Å²) in [5, 5.41) is 0.530. The normalized spacial score (nSPS) is 18.5. The molecule has 0 spiro atoms. The molecule has 30 heavy (non-hydrogen) atoms. The van der Waals surface area contributed by atoms with Gasteiger partial charge in [-0.1, -0.05) is 24.3 Å². The molecule has 1 aromatic heterocycles. The smallest absolute Gasteiger partial charge is 0.262 e. The highest BCUT2D eigenvalue weighted by Gasteiger charge is 2.22. The van der Waals surface area contributed by atoms with Crippen LogP contribution in [0.2, 0.25) is 0 Å². The van der Waals surface area contributed by atoms with Gasteiger partial charge >= 0.3 is 0 Å². The molecule has 2 aliphatic rings. The highest BCUT2D eigenvalue weighted by Crippen LogP contribution is 2.21. The lowest BCUT2D eigenvalue weighted by molar-refractivity contribution is 0.0735. The molecule has 1 saturated heterocycles. The van der Waals surface area contributed by atoms with E-state index in [1.807, 2.05) is 17.0 Å². The third-order valence-electron chi connectivity index (χ3n) is 6.06. The van der Waals surface area contributed by atoms with Crippen LogP contribution < -0.4 is 5.56 Å². The average Bonchev–Trinajstić information content (AvgIpc) is 3.28. The molecule has 7 heteroatoms. The molecule has 2 aliphatic heterocycles. The molecule has 1 amide bonds. The minimum Gasteiger partial charge on any atom is -0.376 e. The van der Waals surface area contributed by atoms with Crippen LogP contribution in [0.4, 0.5) is 0 Å². The van der Waals surface area contributed by atoms with Crippen LogP contribution in [0.1, 0.15) is 34.3 Å². The van der Waals surface area contributed by atoms with E-state index in [9.17, 15) is 9.59 Å². The van der Waals surface area contributed by atoms with Crippen molar-refractivity contribution in [2.45, 2.75) is 38.5 Å². The third-order valence-corrected chi connectivity index (χ3v) is 6.38. The Morgan fingerprint density at radius 2 is 2.03 bits per heavy atom. The fraction of sp³-hybridized carbons (Fsp3) is 0.348. The Hall–Kier alpha value is -2.77. The van der Waals surface area contributed by atoms with Gasteiger partial charge in [-0.3, -0.25) is 14.2 Å². The lowest BCUT2D eigenvalue weighted by atomic mass is 9.99. The van der Waals surface area contributed by atoms with Crippen molar-refractivity contribution in [3.8, 4) is 0 Å². The van der Waals surface area contributed by atoms with Gasteiger partial charge in [-0.15, -0.1) is 0 Å². The van der Waals surface area contributed by atoms with Gasteiger partial charge in [-0.2, -0.15) is 0 Å². The highest BCUT2D eigenvalue weighted by atomic mass is 32.1. The summed E-state index contributed by atoms with van der Waals surface area (Å²) in [7, 11) is 0. The fourth-order valence-electron chi connectivity index (χ4n) is 4.40. The number of nitrogens with zero attached hydrogens (tertiary/aromatic N) is 2. The minimum absolute atomic E-state index is 0.0260. The minimum atomic E-state index is -0.143. The molecule has 3 heterocycles. The maximum atomic E-state index is 13.1. The first-order valence-electron chi connectivity index (χ1n) is 10.3. The van der Waals surface area contributed by atoms with Crippen molar-refractivity contribution in [1.29, 1.82) is 0 Å². The Labute approximate surface area is 179 Å². The summed E-state index contributed by atoms with van der Waals surface area (Å²) in [6, 6.07) is 13.4. The summed E-state index contributed by atoms with van der Waals surface area (Å²) >= 11 is 5.44. The third kappa shape index (κ3) is 3.48. The van der Waals surface area contributed by atoms with Crippen molar-refractivity contribution < 1.29 is 9.53 Å². The first-order valence-corrected chi connectivity index (χ1v) is 10.8. The predicted octanol–water partition coefficient (Wildman–Crippen LogP) is 3.44. The van der Waals surface area contributed by atoms with E-state index in [0.717, 1.165) is 25.9 Å². The Morgan fingerprint density at radius 3 is 2.83 bits per heavy atom. The first-order chi connectivity index (χ1) is 14.6. The second-order valence-electron chi connectivity index (χ2n) is 7.99. The van der Waals surface area contributed by atoms with Crippen LogP contribution in [0.25, 0.3) is 10.9 Å². The van der Waals surface area contributed by atoms with E-state index in [0.29, 0.717) is 40.9 Å². The van der Waals surface area contributed by atoms with Gasteiger partial charge in [-0.25, -0.2) is 0 Å². The maximum Gasteiger partial charge on any atom is 0.262 e. The van der Waals surface area contributed by atoms with E-state index in [1.165, 1.54) is 11.1 Å². The summed E-state index contributed by atoms with van der Waals surface area (Å²) in [6.07, 6.45) is 2.83. The predicted molar refractivity (Wildman–Crippen MR) is 117 cm³/mol. The largest absolute Gasteiger partial charge is 0.376 e. The van der Waals surface area contributed by atoms with Crippen molar-refractivity contribution in [2.24, 2.45) is 0 Å². The highest BCUT2D eigenvalue weighted by molar-refractivity contribution is 7.71. The van der Waals surface area contributed by atoms with Crippen molar-refractivity contribution in [3.63, 3.8) is 0 Å². The number of carbonyl (C=O) groups excluding carboxylic acids is 1. The van der Waals surface area contributed by atoms with Gasteiger partial charge in [0.1, 0.15) is 0 Å². The molecule has 0 bridgehead atoms. The Bertz CT molecular complexity index is 1240. The zero-order chi connectivity index (χ0) is 20.7.